The van der Waals surface area contributed by atoms with E-state index in [0.29, 0.717) is 35.4 Å². The largest absolute Gasteiger partial charge is 0.493 e. The summed E-state index contributed by atoms with van der Waals surface area (Å²) in [6, 6.07) is 14.7. The zero-order chi connectivity index (χ0) is 28.1. The first-order valence-corrected chi connectivity index (χ1v) is 16.0. The average Bonchev–Trinajstić information content (AvgIpc) is 3.70. The zero-order valence-electron chi connectivity index (χ0n) is 24.4. The SMILES string of the molecule is COc1cc(C(=O)N(Cc2cc3ccccc3s2)C[C@@H]2CCCN2C[C@@H]2[C@@H]3CC[C@H]2CNC3)cc2c1OC(C)(C)O2. The molecule has 8 heteroatoms. The second-order valence-corrected chi connectivity index (χ2v) is 13.9. The Labute approximate surface area is 246 Å². The van der Waals surface area contributed by atoms with Gasteiger partial charge in [0.15, 0.2) is 11.5 Å². The van der Waals surface area contributed by atoms with Gasteiger partial charge in [-0.15, -0.1) is 11.3 Å². The average molecular weight is 576 g/mol. The van der Waals surface area contributed by atoms with Crippen LogP contribution in [0.2, 0.25) is 0 Å². The van der Waals surface area contributed by atoms with Gasteiger partial charge in [0, 0.05) is 48.1 Å². The Kier molecular flexibility index (Phi) is 7.12. The molecule has 4 aliphatic rings. The van der Waals surface area contributed by atoms with E-state index in [1.54, 1.807) is 18.4 Å². The number of fused-ring (bicyclic) bond motifs is 4. The van der Waals surface area contributed by atoms with E-state index in [1.165, 1.54) is 53.9 Å². The standard InChI is InChI=1S/C33H41N3O4S/c1-33(2)39-29-15-24(14-28(38-3)31(29)40-33)32(37)36(19-26-13-21-7-4-5-9-30(21)41-26)18-25-8-6-12-35(25)20-27-22-10-11-23(27)17-34-16-22/h4-5,7,9,13-15,22-23,25,27,34H,6,8,10-12,16-20H2,1-3H3/t22-,23+,25-,27-/m0/s1. The minimum absolute atomic E-state index is 0.00523. The minimum atomic E-state index is -0.799. The molecule has 3 fully saturated rings. The monoisotopic (exact) mass is 575 g/mol. The van der Waals surface area contributed by atoms with Crippen molar-refractivity contribution in [1.29, 1.82) is 0 Å². The van der Waals surface area contributed by atoms with Gasteiger partial charge in [0.1, 0.15) is 0 Å². The lowest BCUT2D eigenvalue weighted by Crippen LogP contribution is -2.48. The summed E-state index contributed by atoms with van der Waals surface area (Å²) in [5.41, 5.74) is 0.573. The van der Waals surface area contributed by atoms with Gasteiger partial charge in [-0.3, -0.25) is 9.69 Å². The summed E-state index contributed by atoms with van der Waals surface area (Å²) in [6.07, 6.45) is 5.05. The number of methoxy groups -OCH3 is 1. The number of benzene rings is 2. The zero-order valence-corrected chi connectivity index (χ0v) is 25.2. The molecule has 3 aromatic rings. The van der Waals surface area contributed by atoms with Crippen molar-refractivity contribution < 1.29 is 19.0 Å². The third kappa shape index (κ3) is 5.30. The van der Waals surface area contributed by atoms with E-state index in [4.69, 9.17) is 14.2 Å². The Balaban J connectivity index is 1.17. The first kappa shape index (κ1) is 27.0. The minimum Gasteiger partial charge on any atom is -0.493 e. The molecule has 218 valence electrons. The molecule has 1 aromatic heterocycles. The van der Waals surface area contributed by atoms with Gasteiger partial charge in [-0.2, -0.15) is 0 Å². The number of thiophene rings is 1. The molecule has 2 bridgehead atoms. The van der Waals surface area contributed by atoms with Crippen molar-refractivity contribution in [2.75, 3.05) is 39.8 Å². The van der Waals surface area contributed by atoms with Crippen LogP contribution in [0.25, 0.3) is 10.1 Å². The van der Waals surface area contributed by atoms with Crippen molar-refractivity contribution in [3.05, 3.63) is 52.9 Å². The van der Waals surface area contributed by atoms with Crippen LogP contribution in [0.5, 0.6) is 17.2 Å². The van der Waals surface area contributed by atoms with Gasteiger partial charge in [-0.05, 0) is 92.7 Å². The van der Waals surface area contributed by atoms with Crippen LogP contribution in [0, 0.1) is 17.8 Å². The fraction of sp³-hybridized carbons (Fsp3) is 0.545. The molecule has 7 rings (SSSR count). The van der Waals surface area contributed by atoms with Gasteiger partial charge in [0.05, 0.1) is 13.7 Å². The van der Waals surface area contributed by atoms with Gasteiger partial charge >= 0.3 is 0 Å². The van der Waals surface area contributed by atoms with Crippen LogP contribution >= 0.6 is 11.3 Å². The lowest BCUT2D eigenvalue weighted by molar-refractivity contribution is -0.0439. The van der Waals surface area contributed by atoms with Crippen molar-refractivity contribution in [1.82, 2.24) is 15.1 Å². The van der Waals surface area contributed by atoms with Gasteiger partial charge in [0.2, 0.25) is 11.5 Å². The molecule has 1 amide bonds. The second kappa shape index (κ2) is 10.8. The lowest BCUT2D eigenvalue weighted by atomic mass is 9.85. The second-order valence-electron chi connectivity index (χ2n) is 12.8. The molecular weight excluding hydrogens is 534 g/mol. The number of piperidine rings is 1. The molecule has 0 radical (unpaired) electrons. The van der Waals surface area contributed by atoms with Gasteiger partial charge in [-0.25, -0.2) is 0 Å². The van der Waals surface area contributed by atoms with E-state index < -0.39 is 5.79 Å². The number of carbonyl (C=O) groups is 1. The van der Waals surface area contributed by atoms with Crippen molar-refractivity contribution in [3.63, 3.8) is 0 Å². The molecule has 7 nitrogen and oxygen atoms in total. The summed E-state index contributed by atoms with van der Waals surface area (Å²) < 4.78 is 18.9. The summed E-state index contributed by atoms with van der Waals surface area (Å²) in [6.45, 7) is 9.66. The van der Waals surface area contributed by atoms with Crippen LogP contribution < -0.4 is 19.5 Å². The Hall–Kier alpha value is -2.81. The predicted octanol–water partition coefficient (Wildman–Crippen LogP) is 5.77. The maximum Gasteiger partial charge on any atom is 0.254 e. The maximum absolute atomic E-state index is 14.3. The van der Waals surface area contributed by atoms with E-state index in [-0.39, 0.29) is 5.91 Å². The smallest absolute Gasteiger partial charge is 0.254 e. The van der Waals surface area contributed by atoms with Crippen LogP contribution in [0.1, 0.15) is 54.8 Å². The third-order valence-corrected chi connectivity index (χ3v) is 10.7. The number of carbonyl (C=O) groups excluding carboxylic acids is 1. The van der Waals surface area contributed by atoms with E-state index in [2.05, 4.69) is 45.4 Å². The third-order valence-electron chi connectivity index (χ3n) is 9.61. The van der Waals surface area contributed by atoms with E-state index in [0.717, 1.165) is 37.3 Å². The van der Waals surface area contributed by atoms with Crippen LogP contribution in [-0.2, 0) is 6.54 Å². The molecule has 0 unspecified atom stereocenters. The highest BCUT2D eigenvalue weighted by molar-refractivity contribution is 7.19. The maximum atomic E-state index is 14.3. The Bertz CT molecular complexity index is 1390. The highest BCUT2D eigenvalue weighted by Gasteiger charge is 2.42. The van der Waals surface area contributed by atoms with E-state index in [1.807, 2.05) is 26.0 Å². The number of likely N-dealkylation sites (tertiary alicyclic amines) is 1. The normalized spacial score (nSPS) is 26.5. The predicted molar refractivity (Wildman–Crippen MR) is 162 cm³/mol. The fourth-order valence-electron chi connectivity index (χ4n) is 7.63. The quantitative estimate of drug-likeness (QED) is 0.368. The van der Waals surface area contributed by atoms with Crippen LogP contribution in [0.3, 0.4) is 0 Å². The molecule has 1 saturated carbocycles. The van der Waals surface area contributed by atoms with Gasteiger partial charge in [-0.1, -0.05) is 18.2 Å². The number of hydrogen-bond donors (Lipinski definition) is 1. The number of amides is 1. The van der Waals surface area contributed by atoms with E-state index in [9.17, 15) is 4.79 Å². The Morgan fingerprint density at radius 1 is 1.12 bits per heavy atom. The first-order valence-electron chi connectivity index (χ1n) is 15.2. The van der Waals surface area contributed by atoms with Gasteiger partial charge < -0.3 is 24.4 Å². The topological polar surface area (TPSA) is 63.3 Å². The number of ether oxygens (including phenoxy) is 3. The van der Waals surface area contributed by atoms with Crippen LogP contribution in [0.15, 0.2) is 42.5 Å². The molecule has 1 N–H and O–H groups in total. The molecular formula is C33H41N3O4S. The molecule has 2 saturated heterocycles. The fourth-order valence-corrected chi connectivity index (χ4v) is 8.71. The molecule has 2 aromatic carbocycles. The van der Waals surface area contributed by atoms with Crippen molar-refractivity contribution in [3.8, 4) is 17.2 Å². The Morgan fingerprint density at radius 2 is 1.93 bits per heavy atom. The molecule has 4 heterocycles. The Morgan fingerprint density at radius 3 is 2.71 bits per heavy atom. The number of rotatable bonds is 8. The first-order chi connectivity index (χ1) is 19.9. The highest BCUT2D eigenvalue weighted by atomic mass is 32.1. The summed E-state index contributed by atoms with van der Waals surface area (Å²) in [5.74, 6) is 3.24. The van der Waals surface area contributed by atoms with Crippen LogP contribution in [0.4, 0.5) is 0 Å². The van der Waals surface area contributed by atoms with Gasteiger partial charge in [0.25, 0.3) is 5.91 Å². The molecule has 0 spiro atoms. The highest BCUT2D eigenvalue weighted by Crippen LogP contribution is 2.47. The van der Waals surface area contributed by atoms with E-state index >= 15 is 0 Å². The summed E-state index contributed by atoms with van der Waals surface area (Å²) in [4.78, 5) is 20.3. The number of nitrogens with zero attached hydrogens (tertiary/aromatic N) is 2. The lowest BCUT2D eigenvalue weighted by Gasteiger charge is -2.37. The van der Waals surface area contributed by atoms with Crippen molar-refractivity contribution in [2.24, 2.45) is 17.8 Å². The number of hydrogen-bond acceptors (Lipinski definition) is 7. The molecule has 4 atom stereocenters. The summed E-state index contributed by atoms with van der Waals surface area (Å²) in [7, 11) is 1.61. The summed E-state index contributed by atoms with van der Waals surface area (Å²) in [5, 5.41) is 4.88. The molecule has 3 aliphatic heterocycles. The van der Waals surface area contributed by atoms with Crippen LogP contribution in [-0.4, -0.2) is 67.4 Å². The van der Waals surface area contributed by atoms with Crippen molar-refractivity contribution >= 4 is 27.3 Å². The molecule has 1 aliphatic carbocycles. The van der Waals surface area contributed by atoms with Crippen molar-refractivity contribution in [2.45, 2.75) is 57.9 Å². The number of nitrogens with one attached hydrogen (secondary N) is 1. The molecule has 41 heavy (non-hydrogen) atoms. The summed E-state index contributed by atoms with van der Waals surface area (Å²) >= 11 is 1.78.